The van der Waals surface area contributed by atoms with Gasteiger partial charge in [0, 0.05) is 24.4 Å². The summed E-state index contributed by atoms with van der Waals surface area (Å²) in [6.45, 7) is 10.2. The van der Waals surface area contributed by atoms with Crippen molar-refractivity contribution in [2.75, 3.05) is 7.05 Å². The topological polar surface area (TPSA) is 25.2 Å². The lowest BCUT2D eigenvalue weighted by molar-refractivity contribution is 1.23. The molecule has 2 aromatic carbocycles. The first kappa shape index (κ1) is 18.4. The summed E-state index contributed by atoms with van der Waals surface area (Å²) in [7, 11) is 1.77. The van der Waals surface area contributed by atoms with Crippen LogP contribution in [-0.2, 0) is 0 Å². The third kappa shape index (κ3) is 4.22. The maximum absolute atomic E-state index is 4.91. The molecular formula is C25H22N2. The molecule has 132 valence electrons. The molecule has 0 saturated heterocycles. The van der Waals surface area contributed by atoms with Crippen LogP contribution in [0, 0.1) is 12.1 Å². The smallest absolute Gasteiger partial charge is 0.0878 e. The van der Waals surface area contributed by atoms with Crippen LogP contribution in [0.1, 0.15) is 30.2 Å². The highest BCUT2D eigenvalue weighted by Crippen LogP contribution is 2.26. The molecule has 0 bridgehead atoms. The zero-order valence-corrected chi connectivity index (χ0v) is 15.8. The van der Waals surface area contributed by atoms with E-state index in [1.165, 1.54) is 0 Å². The molecule has 0 amide bonds. The van der Waals surface area contributed by atoms with Gasteiger partial charge in [-0.25, -0.2) is 4.98 Å². The van der Waals surface area contributed by atoms with Crippen molar-refractivity contribution in [2.45, 2.75) is 13.3 Å². The molecular weight excluding hydrogens is 328 g/mol. The van der Waals surface area contributed by atoms with E-state index in [1.807, 2.05) is 61.7 Å². The van der Waals surface area contributed by atoms with Crippen molar-refractivity contribution in [3.05, 3.63) is 102 Å². The maximum atomic E-state index is 4.91. The number of allylic oxidation sites excluding steroid dienone is 3. The molecule has 0 N–H and O–H groups in total. The minimum atomic E-state index is 0.790. The number of nitrogens with zero attached hydrogens (tertiary/aromatic N) is 2. The van der Waals surface area contributed by atoms with Gasteiger partial charge < -0.3 is 0 Å². The summed E-state index contributed by atoms with van der Waals surface area (Å²) in [4.78, 5) is 9.12. The van der Waals surface area contributed by atoms with Gasteiger partial charge in [-0.2, -0.15) is 0 Å². The molecule has 3 rings (SSSR count). The number of aromatic nitrogens is 1. The first-order valence-corrected chi connectivity index (χ1v) is 8.85. The standard InChI is InChI=1S/C25H22N2/c1-18(2)13-14-22(17-26-4)23-12-8-11-21-15-16-24(27-25(21)23)19(3)20-9-6-5-7-10-20/h5-7,9-10,12,14-17H,1,3,13H2,2,4H3/b22-14+,26-17?. The number of benzene rings is 1. The Morgan fingerprint density at radius 1 is 1.15 bits per heavy atom. The molecule has 27 heavy (non-hydrogen) atoms. The van der Waals surface area contributed by atoms with Crippen LogP contribution in [0.3, 0.4) is 0 Å². The zero-order chi connectivity index (χ0) is 19.2. The summed E-state index contributed by atoms with van der Waals surface area (Å²) in [5.74, 6) is 0. The normalized spacial score (nSPS) is 11.6. The lowest BCUT2D eigenvalue weighted by atomic mass is 10.00. The van der Waals surface area contributed by atoms with Crippen LogP contribution in [-0.4, -0.2) is 18.2 Å². The minimum Gasteiger partial charge on any atom is -0.296 e. The van der Waals surface area contributed by atoms with Crippen LogP contribution < -0.4 is 0 Å². The third-order valence-corrected chi connectivity index (χ3v) is 4.25. The molecule has 0 aliphatic heterocycles. The number of hydrogen-bond donors (Lipinski definition) is 0. The van der Waals surface area contributed by atoms with Gasteiger partial charge in [-0.1, -0.05) is 67.3 Å². The van der Waals surface area contributed by atoms with Gasteiger partial charge in [0.15, 0.2) is 0 Å². The van der Waals surface area contributed by atoms with Gasteiger partial charge in [0.2, 0.25) is 0 Å². The first-order chi connectivity index (χ1) is 13.1. The number of pyridine rings is 1. The number of fused-ring (bicyclic) bond motifs is 1. The largest absolute Gasteiger partial charge is 0.296 e. The second kappa shape index (κ2) is 8.29. The van der Waals surface area contributed by atoms with Crippen LogP contribution in [0.25, 0.3) is 22.0 Å². The van der Waals surface area contributed by atoms with Gasteiger partial charge in [-0.05, 0) is 42.7 Å². The fourth-order valence-electron chi connectivity index (χ4n) is 2.85. The maximum Gasteiger partial charge on any atom is 0.0878 e. The second-order valence-electron chi connectivity index (χ2n) is 6.47. The molecule has 0 radical (unpaired) electrons. The lowest BCUT2D eigenvalue weighted by Crippen LogP contribution is -1.95. The first-order valence-electron chi connectivity index (χ1n) is 8.85. The van der Waals surface area contributed by atoms with Crippen molar-refractivity contribution in [3.63, 3.8) is 0 Å². The van der Waals surface area contributed by atoms with Crippen molar-refractivity contribution in [1.29, 1.82) is 0 Å². The molecule has 2 heteroatoms. The van der Waals surface area contributed by atoms with Crippen LogP contribution in [0.5, 0.6) is 0 Å². The quantitative estimate of drug-likeness (QED) is 0.398. The van der Waals surface area contributed by atoms with Gasteiger partial charge in [-0.3, -0.25) is 4.99 Å². The molecule has 3 aromatic rings. The molecule has 0 unspecified atom stereocenters. The highest BCUT2D eigenvalue weighted by molar-refractivity contribution is 6.14. The van der Waals surface area contributed by atoms with E-state index in [0.29, 0.717) is 0 Å². The van der Waals surface area contributed by atoms with Crippen LogP contribution in [0.2, 0.25) is 0 Å². The van der Waals surface area contributed by atoms with Crippen molar-refractivity contribution in [1.82, 2.24) is 4.98 Å². The molecule has 0 spiro atoms. The van der Waals surface area contributed by atoms with E-state index in [1.54, 1.807) is 7.05 Å². The second-order valence-corrected chi connectivity index (χ2v) is 6.47. The summed E-state index contributed by atoms with van der Waals surface area (Å²) >= 11 is 0. The SMILES string of the molecule is C=C(C)C/C=C(\C=NC)c1cc#cc2ccc(C(=C)c3ccccc3)nc12. The average molecular weight is 350 g/mol. The molecule has 1 heterocycles. The highest BCUT2D eigenvalue weighted by atomic mass is 14.7. The van der Waals surface area contributed by atoms with Crippen LogP contribution >= 0.6 is 0 Å². The highest BCUT2D eigenvalue weighted by Gasteiger charge is 2.10. The Balaban J connectivity index is 2.13. The van der Waals surface area contributed by atoms with Crippen molar-refractivity contribution in [2.24, 2.45) is 4.99 Å². The molecule has 0 atom stereocenters. The summed E-state index contributed by atoms with van der Waals surface area (Å²) in [6.07, 6.45) is 4.77. The third-order valence-electron chi connectivity index (χ3n) is 4.25. The van der Waals surface area contributed by atoms with E-state index in [0.717, 1.165) is 50.9 Å². The molecule has 2 nitrogen and oxygen atoms in total. The van der Waals surface area contributed by atoms with Crippen molar-refractivity contribution in [3.8, 4) is 0 Å². The Bertz CT molecular complexity index is 1040. The van der Waals surface area contributed by atoms with Crippen LogP contribution in [0.15, 0.2) is 78.3 Å². The summed E-state index contributed by atoms with van der Waals surface area (Å²) in [5.41, 5.74) is 6.76. The van der Waals surface area contributed by atoms with Crippen LogP contribution in [0.4, 0.5) is 0 Å². The number of rotatable bonds is 6. The number of hydrogen-bond acceptors (Lipinski definition) is 2. The van der Waals surface area contributed by atoms with E-state index in [2.05, 4.69) is 36.4 Å². The van der Waals surface area contributed by atoms with Gasteiger partial charge in [0.25, 0.3) is 0 Å². The predicted molar refractivity (Wildman–Crippen MR) is 116 cm³/mol. The van der Waals surface area contributed by atoms with Gasteiger partial charge in [0.05, 0.1) is 16.6 Å². The Kier molecular flexibility index (Phi) is 5.64. The number of aliphatic imine (C=N–C) groups is 1. The summed E-state index contributed by atoms with van der Waals surface area (Å²) in [5, 5.41) is 0.919. The molecule has 0 aliphatic rings. The van der Waals surface area contributed by atoms with Gasteiger partial charge in [0.1, 0.15) is 0 Å². The molecule has 0 saturated carbocycles. The lowest BCUT2D eigenvalue weighted by Gasteiger charge is -2.09. The van der Waals surface area contributed by atoms with Gasteiger partial charge in [-0.15, -0.1) is 0 Å². The minimum absolute atomic E-state index is 0.790. The average Bonchev–Trinajstić information content (AvgIpc) is 2.70. The zero-order valence-electron chi connectivity index (χ0n) is 15.8. The molecule has 0 aliphatic carbocycles. The molecule has 0 fully saturated rings. The fourth-order valence-corrected chi connectivity index (χ4v) is 2.85. The van der Waals surface area contributed by atoms with E-state index in [9.17, 15) is 0 Å². The summed E-state index contributed by atoms with van der Waals surface area (Å²) < 4.78 is 0. The Labute approximate surface area is 161 Å². The van der Waals surface area contributed by atoms with E-state index in [-0.39, 0.29) is 0 Å². The Hall–Kier alpha value is -3.44. The van der Waals surface area contributed by atoms with Crippen molar-refractivity contribution >= 4 is 28.3 Å². The Morgan fingerprint density at radius 3 is 2.63 bits per heavy atom. The van der Waals surface area contributed by atoms with Crippen molar-refractivity contribution < 1.29 is 0 Å². The monoisotopic (exact) mass is 350 g/mol. The Morgan fingerprint density at radius 2 is 1.93 bits per heavy atom. The summed E-state index contributed by atoms with van der Waals surface area (Å²) in [6, 6.07) is 22.3. The fraction of sp³-hybridized carbons (Fsp3) is 0.120. The van der Waals surface area contributed by atoms with Gasteiger partial charge >= 0.3 is 0 Å². The predicted octanol–water partition coefficient (Wildman–Crippen LogP) is 5.95. The van der Waals surface area contributed by atoms with E-state index < -0.39 is 0 Å². The van der Waals surface area contributed by atoms with E-state index in [4.69, 9.17) is 4.98 Å². The molecule has 1 aromatic heterocycles. The van der Waals surface area contributed by atoms with E-state index >= 15 is 0 Å².